The quantitative estimate of drug-likeness (QED) is 0.290. The Morgan fingerprint density at radius 3 is 2.16 bits per heavy atom. The van der Waals surface area contributed by atoms with E-state index >= 15 is 0 Å². The van der Waals surface area contributed by atoms with E-state index in [-0.39, 0.29) is 11.9 Å². The highest BCUT2D eigenvalue weighted by atomic mass is 31.2. The fourth-order valence-corrected chi connectivity index (χ4v) is 3.48. The van der Waals surface area contributed by atoms with Gasteiger partial charge in [-0.2, -0.15) is 0 Å². The van der Waals surface area contributed by atoms with Gasteiger partial charge in [0, 0.05) is 14.2 Å². The number of carbonyl (C=O) groups excluding carboxylic acids is 2. The molecule has 0 spiro atoms. The molecule has 0 radical (unpaired) electrons. The molecule has 0 aliphatic rings. The van der Waals surface area contributed by atoms with Crippen molar-refractivity contribution in [3.8, 4) is 11.5 Å². The summed E-state index contributed by atoms with van der Waals surface area (Å²) in [5, 5.41) is -0.268. The lowest BCUT2D eigenvalue weighted by Gasteiger charge is -2.20. The van der Waals surface area contributed by atoms with Gasteiger partial charge in [-0.25, -0.2) is 9.59 Å². The van der Waals surface area contributed by atoms with Crippen molar-refractivity contribution < 1.29 is 42.1 Å². The molecule has 0 aromatic heterocycles. The summed E-state index contributed by atoms with van der Waals surface area (Å²) in [6.07, 6.45) is 0.898. The number of hydrogen-bond acceptors (Lipinski definition) is 9. The molecule has 0 atom stereocenters. The molecular weight excluding hydrogens is 427 g/mol. The second-order valence-electron chi connectivity index (χ2n) is 7.63. The SMILES string of the molecule is COc1cc(C=C(C(=O)OC(C)C)P(=O)(OC)OC)ccc1OCC(=O)OC(C)(C)C. The first kappa shape index (κ1) is 26.7. The molecule has 0 amide bonds. The molecule has 0 aliphatic carbocycles. The first-order chi connectivity index (χ1) is 14.3. The maximum absolute atomic E-state index is 12.9. The normalized spacial score (nSPS) is 12.5. The summed E-state index contributed by atoms with van der Waals surface area (Å²) in [4.78, 5) is 24.4. The lowest BCUT2D eigenvalue weighted by atomic mass is 10.2. The van der Waals surface area contributed by atoms with Gasteiger partial charge in [0.2, 0.25) is 0 Å². The standard InChI is InChI=1S/C21H31O9P/c1-14(2)29-20(23)18(31(24,26-7)27-8)12-15-9-10-16(17(11-15)25-6)28-13-19(22)30-21(3,4)5/h9-12,14H,13H2,1-8H3. The summed E-state index contributed by atoms with van der Waals surface area (Å²) in [6, 6.07) is 4.68. The Balaban J connectivity index is 3.22. The monoisotopic (exact) mass is 458 g/mol. The molecule has 0 bridgehead atoms. The predicted octanol–water partition coefficient (Wildman–Crippen LogP) is 4.19. The van der Waals surface area contributed by atoms with Crippen molar-refractivity contribution in [2.75, 3.05) is 27.9 Å². The van der Waals surface area contributed by atoms with E-state index in [1.54, 1.807) is 52.8 Å². The third-order valence-corrected chi connectivity index (χ3v) is 5.45. The van der Waals surface area contributed by atoms with Crippen molar-refractivity contribution in [2.24, 2.45) is 0 Å². The van der Waals surface area contributed by atoms with Gasteiger partial charge in [-0.3, -0.25) is 4.57 Å². The van der Waals surface area contributed by atoms with Crippen LogP contribution in [0.5, 0.6) is 11.5 Å². The zero-order chi connectivity index (χ0) is 23.8. The highest BCUT2D eigenvalue weighted by molar-refractivity contribution is 7.60. The molecule has 174 valence electrons. The summed E-state index contributed by atoms with van der Waals surface area (Å²) < 4.78 is 44.0. The van der Waals surface area contributed by atoms with Crippen LogP contribution < -0.4 is 9.47 Å². The summed E-state index contributed by atoms with van der Waals surface area (Å²) in [6.45, 7) is 8.30. The van der Waals surface area contributed by atoms with Gasteiger partial charge in [-0.1, -0.05) is 6.07 Å². The first-order valence-electron chi connectivity index (χ1n) is 9.52. The Hall–Kier alpha value is -2.35. The number of carbonyl (C=O) groups is 2. The van der Waals surface area contributed by atoms with Crippen molar-refractivity contribution in [2.45, 2.75) is 46.3 Å². The van der Waals surface area contributed by atoms with Crippen LogP contribution in [0.15, 0.2) is 23.5 Å². The number of methoxy groups -OCH3 is 1. The van der Waals surface area contributed by atoms with Crippen LogP contribution in [0.1, 0.15) is 40.2 Å². The van der Waals surface area contributed by atoms with Crippen LogP contribution in [0.4, 0.5) is 0 Å². The van der Waals surface area contributed by atoms with Crippen LogP contribution in [0, 0.1) is 0 Å². The smallest absolute Gasteiger partial charge is 0.368 e. The molecule has 0 heterocycles. The van der Waals surface area contributed by atoms with Crippen LogP contribution in [-0.2, 0) is 32.7 Å². The molecule has 0 fully saturated rings. The van der Waals surface area contributed by atoms with Gasteiger partial charge in [-0.05, 0) is 58.4 Å². The van der Waals surface area contributed by atoms with E-state index in [0.29, 0.717) is 17.1 Å². The average Bonchev–Trinajstić information content (AvgIpc) is 2.68. The van der Waals surface area contributed by atoms with Gasteiger partial charge in [0.1, 0.15) is 10.9 Å². The van der Waals surface area contributed by atoms with Crippen LogP contribution in [-0.4, -0.2) is 51.6 Å². The van der Waals surface area contributed by atoms with E-state index < -0.39 is 31.2 Å². The molecule has 0 saturated carbocycles. The molecule has 9 nitrogen and oxygen atoms in total. The fraction of sp³-hybridized carbons (Fsp3) is 0.524. The molecule has 0 saturated heterocycles. The highest BCUT2D eigenvalue weighted by Crippen LogP contribution is 2.56. The third-order valence-electron chi connectivity index (χ3n) is 3.58. The highest BCUT2D eigenvalue weighted by Gasteiger charge is 2.35. The second kappa shape index (κ2) is 11.3. The van der Waals surface area contributed by atoms with Gasteiger partial charge >= 0.3 is 19.5 Å². The van der Waals surface area contributed by atoms with Gasteiger partial charge < -0.3 is 28.0 Å². The minimum atomic E-state index is -3.90. The number of ether oxygens (including phenoxy) is 4. The van der Waals surface area contributed by atoms with E-state index in [2.05, 4.69) is 0 Å². The summed E-state index contributed by atoms with van der Waals surface area (Å²) >= 11 is 0. The second-order valence-corrected chi connectivity index (χ2v) is 9.84. The Labute approximate surface area is 183 Å². The number of esters is 2. The Bertz CT molecular complexity index is 845. The van der Waals surface area contributed by atoms with Crippen molar-refractivity contribution in [1.29, 1.82) is 0 Å². The molecule has 0 unspecified atom stereocenters. The zero-order valence-electron chi connectivity index (χ0n) is 19.2. The van der Waals surface area contributed by atoms with Crippen LogP contribution in [0.2, 0.25) is 0 Å². The van der Waals surface area contributed by atoms with E-state index in [9.17, 15) is 14.2 Å². The first-order valence-corrected chi connectivity index (χ1v) is 11.1. The predicted molar refractivity (Wildman–Crippen MR) is 115 cm³/mol. The van der Waals surface area contributed by atoms with E-state index in [1.165, 1.54) is 27.4 Å². The topological polar surface area (TPSA) is 107 Å². The van der Waals surface area contributed by atoms with Crippen molar-refractivity contribution in [3.63, 3.8) is 0 Å². The molecule has 10 heteroatoms. The van der Waals surface area contributed by atoms with Crippen LogP contribution in [0.3, 0.4) is 0 Å². The minimum Gasteiger partial charge on any atom is -0.493 e. The van der Waals surface area contributed by atoms with Crippen molar-refractivity contribution >= 4 is 25.6 Å². The minimum absolute atomic E-state index is 0.268. The van der Waals surface area contributed by atoms with Crippen LogP contribution >= 0.6 is 7.60 Å². The van der Waals surface area contributed by atoms with Crippen molar-refractivity contribution in [3.05, 3.63) is 29.1 Å². The van der Waals surface area contributed by atoms with Crippen molar-refractivity contribution in [1.82, 2.24) is 0 Å². The lowest BCUT2D eigenvalue weighted by Crippen LogP contribution is -2.27. The van der Waals surface area contributed by atoms with E-state index in [0.717, 1.165) is 0 Å². The summed E-state index contributed by atoms with van der Waals surface area (Å²) in [5.74, 6) is -0.776. The van der Waals surface area contributed by atoms with Gasteiger partial charge in [0.05, 0.1) is 13.2 Å². The van der Waals surface area contributed by atoms with E-state index in [4.69, 9.17) is 28.0 Å². The van der Waals surface area contributed by atoms with E-state index in [1.807, 2.05) is 0 Å². The number of hydrogen-bond donors (Lipinski definition) is 0. The van der Waals surface area contributed by atoms with Crippen LogP contribution in [0.25, 0.3) is 6.08 Å². The molecular formula is C21H31O9P. The number of benzene rings is 1. The maximum atomic E-state index is 12.9. The third kappa shape index (κ3) is 8.36. The summed E-state index contributed by atoms with van der Waals surface area (Å²) in [7, 11) is -0.123. The fourth-order valence-electron chi connectivity index (χ4n) is 2.35. The Kier molecular flexibility index (Phi) is 9.74. The molecule has 1 aromatic carbocycles. The number of rotatable bonds is 10. The van der Waals surface area contributed by atoms with Gasteiger partial charge in [-0.15, -0.1) is 0 Å². The Morgan fingerprint density at radius 2 is 1.68 bits per heavy atom. The molecule has 31 heavy (non-hydrogen) atoms. The van der Waals surface area contributed by atoms with Gasteiger partial charge in [0.15, 0.2) is 18.1 Å². The molecule has 0 N–H and O–H groups in total. The Morgan fingerprint density at radius 1 is 1.06 bits per heavy atom. The molecule has 1 rings (SSSR count). The largest absolute Gasteiger partial charge is 0.493 e. The lowest BCUT2D eigenvalue weighted by molar-refractivity contribution is -0.157. The average molecular weight is 458 g/mol. The maximum Gasteiger partial charge on any atom is 0.368 e. The summed E-state index contributed by atoms with van der Waals surface area (Å²) in [5.41, 5.74) is -0.178. The van der Waals surface area contributed by atoms with Gasteiger partial charge in [0.25, 0.3) is 0 Å². The zero-order valence-corrected chi connectivity index (χ0v) is 20.1. The molecule has 1 aromatic rings. The molecule has 0 aliphatic heterocycles.